The first-order valence-corrected chi connectivity index (χ1v) is 9.23. The average Bonchev–Trinajstić information content (AvgIpc) is 2.98. The molecule has 0 amide bonds. The summed E-state index contributed by atoms with van der Waals surface area (Å²) in [6.07, 6.45) is 2.60. The molecular formula is C28H32IrN2O2-2. The van der Waals surface area contributed by atoms with Crippen LogP contribution in [0, 0.1) is 39.5 Å². The number of aryl methyl sites for hydroxylation is 4. The largest absolute Gasteiger partial charge is 0.400 e. The van der Waals surface area contributed by atoms with Gasteiger partial charge in [-0.1, -0.05) is 38.0 Å². The molecule has 2 aromatic carbocycles. The molecule has 0 saturated carbocycles. The van der Waals surface area contributed by atoms with Crippen LogP contribution < -0.4 is 0 Å². The van der Waals surface area contributed by atoms with E-state index >= 15 is 0 Å². The molecule has 0 saturated heterocycles. The fourth-order valence-corrected chi connectivity index (χ4v) is 2.27. The molecule has 33 heavy (non-hydrogen) atoms. The van der Waals surface area contributed by atoms with Crippen LogP contribution in [-0.2, 0) is 20.1 Å². The van der Waals surface area contributed by atoms with Gasteiger partial charge in [-0.25, -0.2) is 0 Å². The van der Waals surface area contributed by atoms with Crippen molar-refractivity contribution < 1.29 is 46.8 Å². The second kappa shape index (κ2) is 16.9. The second-order valence-corrected chi connectivity index (χ2v) is 5.85. The Balaban J connectivity index is 0.000000760. The van der Waals surface area contributed by atoms with Crippen LogP contribution in [0.4, 0.5) is 0 Å². The van der Waals surface area contributed by atoms with E-state index in [0.29, 0.717) is 22.5 Å². The van der Waals surface area contributed by atoms with Crippen LogP contribution in [-0.4, -0.2) is 34.4 Å². The standard InChI is InChI=1S/2C13H12N.2CH4O.Ir/c2*1-10-3-6-12(7-4-10)13-8-5-11(2)9-14-13;2*1-2;/h2*3-6,8-9H,1-2H3;2*2H,1H3;/q2*-1;;;/i2*1D3,2D3;;;. The Labute approximate surface area is 228 Å². The van der Waals surface area contributed by atoms with Gasteiger partial charge in [0.25, 0.3) is 0 Å². The summed E-state index contributed by atoms with van der Waals surface area (Å²) in [5.41, 5.74) is 3.09. The number of nitrogens with zero attached hydrogens (tertiary/aromatic N) is 2. The summed E-state index contributed by atoms with van der Waals surface area (Å²) in [6.45, 7) is -8.68. The molecule has 5 heteroatoms. The summed E-state index contributed by atoms with van der Waals surface area (Å²) < 4.78 is 87.3. The number of hydrogen-bond acceptors (Lipinski definition) is 4. The van der Waals surface area contributed by atoms with Crippen LogP contribution in [0.2, 0.25) is 0 Å². The van der Waals surface area contributed by atoms with E-state index in [2.05, 4.69) is 22.1 Å². The summed E-state index contributed by atoms with van der Waals surface area (Å²) >= 11 is 0. The fourth-order valence-electron chi connectivity index (χ4n) is 2.27. The molecular weight excluding hydrogens is 589 g/mol. The minimum absolute atomic E-state index is 0. The van der Waals surface area contributed by atoms with Crippen molar-refractivity contribution in [3.05, 3.63) is 107 Å². The van der Waals surface area contributed by atoms with Crippen LogP contribution in [0.1, 0.15) is 38.7 Å². The number of rotatable bonds is 2. The Morgan fingerprint density at radius 2 is 0.939 bits per heavy atom. The normalized spacial score (nSPS) is 15.9. The molecule has 4 nitrogen and oxygen atoms in total. The van der Waals surface area contributed by atoms with Crippen LogP contribution in [0.3, 0.4) is 0 Å². The van der Waals surface area contributed by atoms with Gasteiger partial charge in [0.05, 0.1) is 0 Å². The van der Waals surface area contributed by atoms with E-state index in [9.17, 15) is 0 Å². The maximum atomic E-state index is 7.28. The van der Waals surface area contributed by atoms with Crippen LogP contribution in [0.5, 0.6) is 0 Å². The van der Waals surface area contributed by atoms with Gasteiger partial charge >= 0.3 is 0 Å². The number of pyridine rings is 2. The maximum Gasteiger partial charge on any atom is 0.0319 e. The third-order valence-corrected chi connectivity index (χ3v) is 3.70. The molecule has 4 aromatic rings. The van der Waals surface area contributed by atoms with E-state index in [4.69, 9.17) is 26.7 Å². The van der Waals surface area contributed by atoms with Gasteiger partial charge in [-0.05, 0) is 36.2 Å². The first kappa shape index (κ1) is 15.3. The number of hydrogen-bond donors (Lipinski definition) is 2. The molecule has 0 aliphatic heterocycles. The Morgan fingerprint density at radius 1 is 0.576 bits per heavy atom. The molecule has 0 aliphatic rings. The average molecular weight is 633 g/mol. The molecule has 0 spiro atoms. The van der Waals surface area contributed by atoms with Gasteiger partial charge in [-0.2, -0.15) is 0 Å². The van der Waals surface area contributed by atoms with Crippen molar-refractivity contribution in [2.24, 2.45) is 0 Å². The van der Waals surface area contributed by atoms with Crippen LogP contribution in [0.25, 0.3) is 22.5 Å². The molecule has 177 valence electrons. The summed E-state index contributed by atoms with van der Waals surface area (Å²) in [7, 11) is 2.00. The Morgan fingerprint density at radius 3 is 1.18 bits per heavy atom. The molecule has 2 aromatic heterocycles. The van der Waals surface area contributed by atoms with Crippen LogP contribution in [0.15, 0.2) is 73.1 Å². The minimum atomic E-state index is -2.18. The number of aliphatic hydroxyl groups is 2. The SMILES string of the molecule is CO.CO.[2H]C([2H])([2H])c1c[c-]c(-c2ccc(C([2H])([2H])[2H])cn2)cc1.[2H]C([2H])([2H])c1c[c-]c(-c2ccc(C([2H])([2H])[2H])cn2)cc1.[Ir]. The third-order valence-electron chi connectivity index (χ3n) is 3.70. The maximum absolute atomic E-state index is 7.28. The van der Waals surface area contributed by atoms with Crippen molar-refractivity contribution in [2.45, 2.75) is 27.4 Å². The minimum Gasteiger partial charge on any atom is -0.400 e. The smallest absolute Gasteiger partial charge is 0.0319 e. The molecule has 1 radical (unpaired) electrons. The first-order valence-electron chi connectivity index (χ1n) is 15.2. The van der Waals surface area contributed by atoms with Gasteiger partial charge in [0.1, 0.15) is 0 Å². The number of benzene rings is 2. The van der Waals surface area contributed by atoms with E-state index in [-0.39, 0.29) is 42.4 Å². The molecule has 2 N–H and O–H groups in total. The second-order valence-electron chi connectivity index (χ2n) is 5.85. The van der Waals surface area contributed by atoms with Crippen molar-refractivity contribution in [3.8, 4) is 22.5 Å². The van der Waals surface area contributed by atoms with Gasteiger partial charge in [0, 0.05) is 63.2 Å². The predicted molar refractivity (Wildman–Crippen MR) is 132 cm³/mol. The Bertz CT molecular complexity index is 1180. The molecule has 0 aliphatic carbocycles. The number of aliphatic hydroxyl groups excluding tert-OH is 2. The summed E-state index contributed by atoms with van der Waals surface area (Å²) in [5.74, 6) is 0. The molecule has 0 bridgehead atoms. The van der Waals surface area contributed by atoms with E-state index in [1.807, 2.05) is 0 Å². The summed E-state index contributed by atoms with van der Waals surface area (Å²) in [5, 5.41) is 14.0. The molecule has 2 heterocycles. The zero-order valence-corrected chi connectivity index (χ0v) is 20.4. The topological polar surface area (TPSA) is 66.2 Å². The van der Waals surface area contributed by atoms with Crippen molar-refractivity contribution in [1.29, 1.82) is 0 Å². The summed E-state index contributed by atoms with van der Waals surface area (Å²) in [4.78, 5) is 8.15. The molecule has 4 rings (SSSR count). The van der Waals surface area contributed by atoms with Gasteiger partial charge in [-0.15, -0.1) is 70.8 Å². The molecule has 0 atom stereocenters. The van der Waals surface area contributed by atoms with Gasteiger partial charge in [-0.3, -0.25) is 0 Å². The van der Waals surface area contributed by atoms with Gasteiger partial charge < -0.3 is 20.2 Å². The Hall–Kier alpha value is -2.69. The van der Waals surface area contributed by atoms with Crippen molar-refractivity contribution in [3.63, 3.8) is 0 Å². The third kappa shape index (κ3) is 10.6. The molecule has 0 fully saturated rings. The fraction of sp³-hybridized carbons (Fsp3) is 0.214. The summed E-state index contributed by atoms with van der Waals surface area (Å²) in [6, 6.07) is 20.9. The van der Waals surface area contributed by atoms with Gasteiger partial charge in [0.15, 0.2) is 0 Å². The van der Waals surface area contributed by atoms with Crippen LogP contribution >= 0.6 is 0 Å². The van der Waals surface area contributed by atoms with E-state index in [1.165, 1.54) is 48.8 Å². The zero-order valence-electron chi connectivity index (χ0n) is 30.1. The molecule has 0 unspecified atom stereocenters. The van der Waals surface area contributed by atoms with Gasteiger partial charge in [0.2, 0.25) is 0 Å². The van der Waals surface area contributed by atoms with E-state index in [1.54, 1.807) is 24.3 Å². The van der Waals surface area contributed by atoms with Crippen molar-refractivity contribution in [2.75, 3.05) is 14.2 Å². The van der Waals surface area contributed by atoms with E-state index in [0.717, 1.165) is 14.2 Å². The first-order chi connectivity index (χ1) is 20.4. The number of aromatic nitrogens is 2. The van der Waals surface area contributed by atoms with Crippen molar-refractivity contribution in [1.82, 2.24) is 9.97 Å². The zero-order chi connectivity index (χ0) is 33.9. The monoisotopic (exact) mass is 633 g/mol. The van der Waals surface area contributed by atoms with Crippen molar-refractivity contribution >= 4 is 0 Å². The Kier molecular flexibility index (Phi) is 7.80. The quantitative estimate of drug-likeness (QED) is 0.285. The predicted octanol–water partition coefficient (Wildman–Crippen LogP) is 5.55. The van der Waals surface area contributed by atoms with E-state index < -0.39 is 27.4 Å².